The second kappa shape index (κ2) is 8.29. The number of aromatic nitrogens is 2. The maximum Gasteiger partial charge on any atom is 0.234 e. The molecular weight excluding hydrogens is 416 g/mol. The van der Waals surface area contributed by atoms with Crippen LogP contribution in [0.3, 0.4) is 0 Å². The molecule has 3 N–H and O–H groups in total. The molecule has 0 aliphatic heterocycles. The summed E-state index contributed by atoms with van der Waals surface area (Å²) < 4.78 is 25.2. The number of thioether (sulfide) groups is 1. The van der Waals surface area contributed by atoms with Gasteiger partial charge in [0.25, 0.3) is 0 Å². The molecule has 28 heavy (non-hydrogen) atoms. The van der Waals surface area contributed by atoms with Crippen molar-refractivity contribution in [3.8, 4) is 0 Å². The molecule has 3 rings (SSSR count). The Bertz CT molecular complexity index is 1090. The van der Waals surface area contributed by atoms with Crippen molar-refractivity contribution in [2.75, 3.05) is 16.8 Å². The van der Waals surface area contributed by atoms with Gasteiger partial charge < -0.3 is 11.1 Å². The number of aryl methyl sites for hydroxylation is 2. The lowest BCUT2D eigenvalue weighted by Crippen LogP contribution is -2.15. The van der Waals surface area contributed by atoms with Crippen molar-refractivity contribution in [1.82, 2.24) is 9.97 Å². The summed E-state index contributed by atoms with van der Waals surface area (Å²) in [6.07, 6.45) is 1.18. The Labute approximate surface area is 171 Å². The van der Waals surface area contributed by atoms with Crippen LogP contribution in [0.5, 0.6) is 0 Å². The number of sulfone groups is 1. The first-order valence-electron chi connectivity index (χ1n) is 8.18. The van der Waals surface area contributed by atoms with E-state index in [1.165, 1.54) is 12.3 Å². The van der Waals surface area contributed by atoms with Gasteiger partial charge in [0.2, 0.25) is 15.7 Å². The summed E-state index contributed by atoms with van der Waals surface area (Å²) in [4.78, 5) is 20.1. The summed E-state index contributed by atoms with van der Waals surface area (Å²) in [6.45, 7) is 3.92. The zero-order valence-corrected chi connectivity index (χ0v) is 17.6. The Hall–Kier alpha value is -2.43. The van der Waals surface area contributed by atoms with Gasteiger partial charge in [-0.1, -0.05) is 23.9 Å². The van der Waals surface area contributed by atoms with Crippen LogP contribution in [0.2, 0.25) is 0 Å². The highest BCUT2D eigenvalue weighted by molar-refractivity contribution is 7.99. The molecule has 0 bridgehead atoms. The SMILES string of the molecule is Cc1cc(C)cc(NC(=O)CSc2ncc(S(=O)(=O)c3cccs3)c(N)n2)c1. The predicted octanol–water partition coefficient (Wildman–Crippen LogP) is 3.30. The summed E-state index contributed by atoms with van der Waals surface area (Å²) in [6, 6.07) is 8.93. The molecule has 0 radical (unpaired) electrons. The normalized spacial score (nSPS) is 11.4. The second-order valence-corrected chi connectivity index (χ2v) is 10.1. The van der Waals surface area contributed by atoms with Crippen molar-refractivity contribution in [1.29, 1.82) is 0 Å². The Balaban J connectivity index is 1.67. The maximum atomic E-state index is 12.5. The van der Waals surface area contributed by atoms with Gasteiger partial charge in [-0.05, 0) is 48.6 Å². The van der Waals surface area contributed by atoms with Gasteiger partial charge in [0.1, 0.15) is 14.9 Å². The number of thiophene rings is 1. The number of amides is 1. The molecule has 0 saturated carbocycles. The average molecular weight is 435 g/mol. The van der Waals surface area contributed by atoms with Gasteiger partial charge in [-0.3, -0.25) is 4.79 Å². The van der Waals surface area contributed by atoms with E-state index >= 15 is 0 Å². The van der Waals surface area contributed by atoms with Crippen molar-refractivity contribution in [2.24, 2.45) is 0 Å². The standard InChI is InChI=1S/C18H18N4O3S3/c1-11-6-12(2)8-13(7-11)21-15(23)10-27-18-20-9-14(17(19)22-18)28(24,25)16-4-3-5-26-16/h3-9H,10H2,1-2H3,(H,21,23)(H2,19,20,22). The highest BCUT2D eigenvalue weighted by Crippen LogP contribution is 2.28. The third-order valence-electron chi connectivity index (χ3n) is 3.65. The van der Waals surface area contributed by atoms with Crippen molar-refractivity contribution in [3.05, 3.63) is 53.0 Å². The largest absolute Gasteiger partial charge is 0.382 e. The Kier molecular flexibility index (Phi) is 6.01. The van der Waals surface area contributed by atoms with Crippen LogP contribution in [0.4, 0.5) is 11.5 Å². The maximum absolute atomic E-state index is 12.5. The molecule has 0 saturated heterocycles. The summed E-state index contributed by atoms with van der Waals surface area (Å²) in [7, 11) is -3.74. The fourth-order valence-electron chi connectivity index (χ4n) is 2.54. The van der Waals surface area contributed by atoms with Crippen LogP contribution in [-0.4, -0.2) is 30.0 Å². The van der Waals surface area contributed by atoms with Crippen molar-refractivity contribution in [2.45, 2.75) is 28.1 Å². The van der Waals surface area contributed by atoms with Gasteiger partial charge in [-0.2, -0.15) is 0 Å². The average Bonchev–Trinajstić information content (AvgIpc) is 3.14. The third kappa shape index (κ3) is 4.70. The number of rotatable bonds is 6. The molecule has 0 aliphatic carbocycles. The summed E-state index contributed by atoms with van der Waals surface area (Å²) in [5, 5.41) is 4.73. The van der Waals surface area contributed by atoms with Gasteiger partial charge in [0.15, 0.2) is 5.16 Å². The predicted molar refractivity (Wildman–Crippen MR) is 111 cm³/mol. The topological polar surface area (TPSA) is 115 Å². The number of carbonyl (C=O) groups is 1. The first-order valence-corrected chi connectivity index (χ1v) is 11.5. The van der Waals surface area contributed by atoms with E-state index in [0.29, 0.717) is 0 Å². The highest BCUT2D eigenvalue weighted by atomic mass is 32.2. The number of nitrogens with two attached hydrogens (primary N) is 1. The van der Waals surface area contributed by atoms with E-state index in [1.54, 1.807) is 11.4 Å². The lowest BCUT2D eigenvalue weighted by Gasteiger charge is -2.08. The van der Waals surface area contributed by atoms with Crippen LogP contribution in [0.15, 0.2) is 56.2 Å². The fraction of sp³-hybridized carbons (Fsp3) is 0.167. The van der Waals surface area contributed by atoms with Crippen molar-refractivity contribution < 1.29 is 13.2 Å². The van der Waals surface area contributed by atoms with Crippen LogP contribution in [0, 0.1) is 13.8 Å². The lowest BCUT2D eigenvalue weighted by atomic mass is 10.1. The number of benzene rings is 1. The molecule has 146 valence electrons. The number of nitrogens with zero attached hydrogens (tertiary/aromatic N) is 2. The zero-order valence-electron chi connectivity index (χ0n) is 15.2. The molecule has 1 aromatic carbocycles. The Morgan fingerprint density at radius 3 is 2.57 bits per heavy atom. The molecule has 0 aliphatic rings. The minimum Gasteiger partial charge on any atom is -0.382 e. The third-order valence-corrected chi connectivity index (χ3v) is 7.68. The van der Waals surface area contributed by atoms with Crippen LogP contribution >= 0.6 is 23.1 Å². The zero-order chi connectivity index (χ0) is 20.3. The van der Waals surface area contributed by atoms with E-state index < -0.39 is 9.84 Å². The summed E-state index contributed by atoms with van der Waals surface area (Å²) in [5.41, 5.74) is 8.67. The van der Waals surface area contributed by atoms with Crippen molar-refractivity contribution >= 4 is 50.3 Å². The van der Waals surface area contributed by atoms with E-state index in [-0.39, 0.29) is 31.7 Å². The second-order valence-electron chi connectivity index (χ2n) is 6.05. The molecule has 10 heteroatoms. The highest BCUT2D eigenvalue weighted by Gasteiger charge is 2.23. The molecule has 0 unspecified atom stereocenters. The van der Waals surface area contributed by atoms with Gasteiger partial charge in [-0.15, -0.1) is 11.3 Å². The van der Waals surface area contributed by atoms with Crippen molar-refractivity contribution in [3.63, 3.8) is 0 Å². The van der Waals surface area contributed by atoms with E-state index in [1.807, 2.05) is 32.0 Å². The lowest BCUT2D eigenvalue weighted by molar-refractivity contribution is -0.113. The number of nitrogen functional groups attached to an aromatic ring is 1. The first kappa shape index (κ1) is 20.3. The minimum absolute atomic E-state index is 0.0729. The molecule has 0 spiro atoms. The van der Waals surface area contributed by atoms with Crippen LogP contribution in [0.25, 0.3) is 0 Å². The molecule has 7 nitrogen and oxygen atoms in total. The van der Waals surface area contributed by atoms with E-state index in [0.717, 1.165) is 39.9 Å². The summed E-state index contributed by atoms with van der Waals surface area (Å²) in [5.74, 6) is -0.281. The number of anilines is 2. The fourth-order valence-corrected chi connectivity index (χ4v) is 5.54. The van der Waals surface area contributed by atoms with Crippen LogP contribution in [-0.2, 0) is 14.6 Å². The van der Waals surface area contributed by atoms with Crippen LogP contribution in [0.1, 0.15) is 11.1 Å². The van der Waals surface area contributed by atoms with E-state index in [2.05, 4.69) is 15.3 Å². The smallest absolute Gasteiger partial charge is 0.234 e. The van der Waals surface area contributed by atoms with Gasteiger partial charge in [-0.25, -0.2) is 18.4 Å². The van der Waals surface area contributed by atoms with E-state index in [4.69, 9.17) is 5.73 Å². The molecular formula is C18H18N4O3S3. The molecule has 2 heterocycles. The van der Waals surface area contributed by atoms with E-state index in [9.17, 15) is 13.2 Å². The first-order chi connectivity index (χ1) is 13.3. The monoisotopic (exact) mass is 434 g/mol. The number of hydrogen-bond donors (Lipinski definition) is 2. The Morgan fingerprint density at radius 1 is 1.25 bits per heavy atom. The molecule has 3 aromatic rings. The molecule has 0 atom stereocenters. The quantitative estimate of drug-likeness (QED) is 0.452. The van der Waals surface area contributed by atoms with Gasteiger partial charge in [0, 0.05) is 5.69 Å². The molecule has 1 amide bonds. The van der Waals surface area contributed by atoms with Gasteiger partial charge in [0.05, 0.1) is 11.9 Å². The molecule has 0 fully saturated rings. The molecule has 2 aromatic heterocycles. The number of carbonyl (C=O) groups excluding carboxylic acids is 1. The van der Waals surface area contributed by atoms with Gasteiger partial charge >= 0.3 is 0 Å². The number of nitrogens with one attached hydrogen (secondary N) is 1. The Morgan fingerprint density at radius 2 is 1.96 bits per heavy atom. The minimum atomic E-state index is -3.74. The number of hydrogen-bond acceptors (Lipinski definition) is 8. The van der Waals surface area contributed by atoms with Crippen LogP contribution < -0.4 is 11.1 Å². The summed E-state index contributed by atoms with van der Waals surface area (Å²) >= 11 is 2.18.